The molecule has 0 spiro atoms. The maximum atomic E-state index is 11.4. The second kappa shape index (κ2) is 7.25. The number of nitrogens with zero attached hydrogens (tertiary/aromatic N) is 1. The van der Waals surface area contributed by atoms with Crippen molar-refractivity contribution in [3.8, 4) is 0 Å². The highest BCUT2D eigenvalue weighted by Crippen LogP contribution is 2.32. The lowest BCUT2D eigenvalue weighted by Crippen LogP contribution is -2.25. The number of aromatic nitrogens is 1. The minimum absolute atomic E-state index is 0.00581. The van der Waals surface area contributed by atoms with Crippen LogP contribution in [0.1, 0.15) is 47.0 Å². The molecule has 6 nitrogen and oxygen atoms in total. The summed E-state index contributed by atoms with van der Waals surface area (Å²) in [6.45, 7) is 0.641. The number of carboxylic acids is 1. The Hall–Kier alpha value is -1.70. The van der Waals surface area contributed by atoms with E-state index in [0.717, 1.165) is 35.6 Å². The van der Waals surface area contributed by atoms with E-state index in [1.165, 1.54) is 0 Å². The first kappa shape index (κ1) is 16.2. The number of rotatable bonds is 5. The molecule has 1 aliphatic heterocycles. The SMILES string of the molecule is O=C(O)c1conc1[C@@H](O[C@H]1CCCCO1)c1ccc(Br)cc1. The van der Waals surface area contributed by atoms with Gasteiger partial charge in [0, 0.05) is 11.1 Å². The van der Waals surface area contributed by atoms with Crippen molar-refractivity contribution < 1.29 is 23.9 Å². The van der Waals surface area contributed by atoms with Gasteiger partial charge >= 0.3 is 5.97 Å². The fourth-order valence-corrected chi connectivity index (χ4v) is 2.77. The largest absolute Gasteiger partial charge is 0.478 e. The van der Waals surface area contributed by atoms with E-state index < -0.39 is 12.1 Å². The smallest absolute Gasteiger partial charge is 0.341 e. The zero-order chi connectivity index (χ0) is 16.2. The molecule has 122 valence electrons. The van der Waals surface area contributed by atoms with Gasteiger partial charge in [-0.3, -0.25) is 0 Å². The average Bonchev–Trinajstić information content (AvgIpc) is 3.04. The summed E-state index contributed by atoms with van der Waals surface area (Å²) in [5.41, 5.74) is 1.03. The van der Waals surface area contributed by atoms with Gasteiger partial charge < -0.3 is 19.1 Å². The number of aromatic carboxylic acids is 1. The van der Waals surface area contributed by atoms with Crippen molar-refractivity contribution in [3.63, 3.8) is 0 Å². The van der Waals surface area contributed by atoms with Crippen molar-refractivity contribution in [3.05, 3.63) is 51.8 Å². The van der Waals surface area contributed by atoms with E-state index in [9.17, 15) is 9.90 Å². The highest BCUT2D eigenvalue weighted by molar-refractivity contribution is 9.10. The van der Waals surface area contributed by atoms with E-state index >= 15 is 0 Å². The molecule has 0 saturated carbocycles. The third kappa shape index (κ3) is 3.80. The summed E-state index contributed by atoms with van der Waals surface area (Å²) in [7, 11) is 0. The summed E-state index contributed by atoms with van der Waals surface area (Å²) in [6, 6.07) is 7.46. The molecule has 0 unspecified atom stereocenters. The van der Waals surface area contributed by atoms with Gasteiger partial charge in [0.25, 0.3) is 0 Å². The van der Waals surface area contributed by atoms with E-state index in [-0.39, 0.29) is 17.5 Å². The third-order valence-corrected chi connectivity index (χ3v) is 4.20. The first-order valence-electron chi connectivity index (χ1n) is 7.35. The molecule has 0 radical (unpaired) electrons. The van der Waals surface area contributed by atoms with Crippen LogP contribution in [0.5, 0.6) is 0 Å². The number of carbonyl (C=O) groups is 1. The van der Waals surface area contributed by atoms with Crippen molar-refractivity contribution in [1.29, 1.82) is 0 Å². The lowest BCUT2D eigenvalue weighted by atomic mass is 10.0. The zero-order valence-corrected chi connectivity index (χ0v) is 13.9. The van der Waals surface area contributed by atoms with Crippen LogP contribution in [0.2, 0.25) is 0 Å². The van der Waals surface area contributed by atoms with E-state index in [1.807, 2.05) is 24.3 Å². The number of halogens is 1. The Morgan fingerprint density at radius 2 is 2.13 bits per heavy atom. The van der Waals surface area contributed by atoms with Crippen molar-refractivity contribution >= 4 is 21.9 Å². The number of hydrogen-bond donors (Lipinski definition) is 1. The van der Waals surface area contributed by atoms with Crippen LogP contribution in [0.25, 0.3) is 0 Å². The van der Waals surface area contributed by atoms with Crippen LogP contribution in [0.15, 0.2) is 39.5 Å². The molecule has 2 aromatic rings. The lowest BCUT2D eigenvalue weighted by Gasteiger charge is -2.27. The molecule has 0 aliphatic carbocycles. The molecule has 1 N–H and O–H groups in total. The van der Waals surface area contributed by atoms with Crippen molar-refractivity contribution in [2.24, 2.45) is 0 Å². The Labute approximate surface area is 141 Å². The molecule has 1 aromatic heterocycles. The Morgan fingerprint density at radius 1 is 1.35 bits per heavy atom. The minimum atomic E-state index is -1.10. The van der Waals surface area contributed by atoms with Gasteiger partial charge in [0.1, 0.15) is 23.6 Å². The van der Waals surface area contributed by atoms with E-state index in [0.29, 0.717) is 6.61 Å². The van der Waals surface area contributed by atoms with Gasteiger partial charge in [0.2, 0.25) is 0 Å². The Kier molecular flexibility index (Phi) is 5.09. The van der Waals surface area contributed by atoms with Gasteiger partial charge in [-0.1, -0.05) is 33.2 Å². The number of ether oxygens (including phenoxy) is 2. The summed E-state index contributed by atoms with van der Waals surface area (Å²) in [5.74, 6) is -1.10. The molecule has 0 bridgehead atoms. The highest BCUT2D eigenvalue weighted by Gasteiger charge is 2.29. The molecule has 1 saturated heterocycles. The molecule has 1 aromatic carbocycles. The Balaban J connectivity index is 1.93. The quantitative estimate of drug-likeness (QED) is 0.848. The summed E-state index contributed by atoms with van der Waals surface area (Å²) in [4.78, 5) is 11.4. The normalized spacial score (nSPS) is 19.4. The molecule has 2 atom stereocenters. The summed E-state index contributed by atoms with van der Waals surface area (Å²) in [6.07, 6.45) is 2.88. The van der Waals surface area contributed by atoms with Gasteiger partial charge in [0.15, 0.2) is 6.29 Å². The van der Waals surface area contributed by atoms with Gasteiger partial charge in [-0.15, -0.1) is 0 Å². The van der Waals surface area contributed by atoms with E-state index in [1.54, 1.807) is 0 Å². The molecule has 1 fully saturated rings. The van der Waals surface area contributed by atoms with Gasteiger partial charge in [-0.2, -0.15) is 0 Å². The predicted octanol–water partition coefficient (Wildman–Crippen LogP) is 3.77. The predicted molar refractivity (Wildman–Crippen MR) is 84.1 cm³/mol. The average molecular weight is 382 g/mol. The topological polar surface area (TPSA) is 81.8 Å². The standard InChI is InChI=1S/C16H16BrNO5/c17-11-6-4-10(5-7-11)15(23-13-3-1-2-8-21-13)14-12(16(19)20)9-22-18-14/h4-7,9,13,15H,1-3,8H2,(H,19,20)/t13-,15-/m0/s1. The van der Waals surface area contributed by atoms with Crippen molar-refractivity contribution in [2.45, 2.75) is 31.7 Å². The zero-order valence-electron chi connectivity index (χ0n) is 12.3. The Bertz CT molecular complexity index is 663. The van der Waals surface area contributed by atoms with Gasteiger partial charge in [0.05, 0.1) is 0 Å². The maximum Gasteiger partial charge on any atom is 0.341 e. The molecular weight excluding hydrogens is 366 g/mol. The third-order valence-electron chi connectivity index (χ3n) is 3.67. The first-order chi connectivity index (χ1) is 11.1. The van der Waals surface area contributed by atoms with Crippen LogP contribution in [0, 0.1) is 0 Å². The summed E-state index contributed by atoms with van der Waals surface area (Å²) >= 11 is 3.39. The van der Waals surface area contributed by atoms with Gasteiger partial charge in [-0.25, -0.2) is 4.79 Å². The number of carboxylic acid groups (broad SMARTS) is 1. The second-order valence-electron chi connectivity index (χ2n) is 5.28. The highest BCUT2D eigenvalue weighted by atomic mass is 79.9. The Morgan fingerprint density at radius 3 is 2.78 bits per heavy atom. The van der Waals surface area contributed by atoms with Crippen LogP contribution < -0.4 is 0 Å². The maximum absolute atomic E-state index is 11.4. The number of hydrogen-bond acceptors (Lipinski definition) is 5. The summed E-state index contributed by atoms with van der Waals surface area (Å²) in [5, 5.41) is 13.2. The molecule has 7 heteroatoms. The molecule has 2 heterocycles. The monoisotopic (exact) mass is 381 g/mol. The second-order valence-corrected chi connectivity index (χ2v) is 6.20. The fourth-order valence-electron chi connectivity index (χ4n) is 2.50. The molecule has 1 aliphatic rings. The van der Waals surface area contributed by atoms with Gasteiger partial charge in [-0.05, 0) is 37.0 Å². The van der Waals surface area contributed by atoms with Crippen LogP contribution in [0.3, 0.4) is 0 Å². The van der Waals surface area contributed by atoms with Crippen LogP contribution in [-0.4, -0.2) is 29.1 Å². The minimum Gasteiger partial charge on any atom is -0.478 e. The van der Waals surface area contributed by atoms with Crippen LogP contribution in [0.4, 0.5) is 0 Å². The van der Waals surface area contributed by atoms with E-state index in [4.69, 9.17) is 14.0 Å². The van der Waals surface area contributed by atoms with Crippen molar-refractivity contribution in [1.82, 2.24) is 5.16 Å². The van der Waals surface area contributed by atoms with E-state index in [2.05, 4.69) is 21.1 Å². The lowest BCUT2D eigenvalue weighted by molar-refractivity contribution is -0.182. The van der Waals surface area contributed by atoms with Crippen molar-refractivity contribution in [2.75, 3.05) is 6.61 Å². The molecular formula is C16H16BrNO5. The molecule has 23 heavy (non-hydrogen) atoms. The number of benzene rings is 1. The first-order valence-corrected chi connectivity index (χ1v) is 8.14. The van der Waals surface area contributed by atoms with Crippen LogP contribution in [-0.2, 0) is 9.47 Å². The molecule has 0 amide bonds. The van der Waals surface area contributed by atoms with Crippen LogP contribution >= 0.6 is 15.9 Å². The fraction of sp³-hybridized carbons (Fsp3) is 0.375. The molecule has 3 rings (SSSR count). The summed E-state index contributed by atoms with van der Waals surface area (Å²) < 4.78 is 17.4.